The zero-order valence-corrected chi connectivity index (χ0v) is 12.5. The largest absolute Gasteiger partial charge is 0.316 e. The van der Waals surface area contributed by atoms with Crippen LogP contribution in [0.4, 0.5) is 0 Å². The van der Waals surface area contributed by atoms with Crippen LogP contribution in [-0.2, 0) is 0 Å². The minimum atomic E-state index is 0.769. The Kier molecular flexibility index (Phi) is 6.50. The highest BCUT2D eigenvalue weighted by Crippen LogP contribution is 2.21. The van der Waals surface area contributed by atoms with Crippen molar-refractivity contribution >= 4 is 0 Å². The molecule has 2 heteroatoms. The Balaban J connectivity index is 2.18. The molecule has 1 rings (SSSR count). The third-order valence-corrected chi connectivity index (χ3v) is 3.74. The summed E-state index contributed by atoms with van der Waals surface area (Å²) in [6.07, 6.45) is 2.72. The lowest BCUT2D eigenvalue weighted by atomic mass is 10.0. The summed E-state index contributed by atoms with van der Waals surface area (Å²) >= 11 is 0. The summed E-state index contributed by atoms with van der Waals surface area (Å²) < 4.78 is 0. The first-order chi connectivity index (χ1) is 7.99. The van der Waals surface area contributed by atoms with Gasteiger partial charge in [-0.1, -0.05) is 27.7 Å². The fraction of sp³-hybridized carbons (Fsp3) is 1.00. The van der Waals surface area contributed by atoms with Gasteiger partial charge in [-0.05, 0) is 57.2 Å². The highest BCUT2D eigenvalue weighted by Gasteiger charge is 2.25. The third-order valence-electron chi connectivity index (χ3n) is 3.74. The second-order valence-electron chi connectivity index (χ2n) is 6.68. The summed E-state index contributed by atoms with van der Waals surface area (Å²) in [4.78, 5) is 2.68. The molecule has 1 heterocycles. The van der Waals surface area contributed by atoms with Gasteiger partial charge in [0.05, 0.1) is 0 Å². The standard InChI is InChI=1S/C15H32N2/c1-12(2)8-14(5)17-7-6-15(11-17)10-16-9-13(3)4/h12-16H,6-11H2,1-5H3. The molecule has 1 N–H and O–H groups in total. The van der Waals surface area contributed by atoms with E-state index in [1.54, 1.807) is 0 Å². The number of nitrogens with one attached hydrogen (secondary N) is 1. The maximum Gasteiger partial charge on any atom is 0.00694 e. The maximum absolute atomic E-state index is 3.60. The summed E-state index contributed by atoms with van der Waals surface area (Å²) in [5.74, 6) is 2.47. The van der Waals surface area contributed by atoms with Gasteiger partial charge in [-0.25, -0.2) is 0 Å². The molecule has 0 aliphatic carbocycles. The van der Waals surface area contributed by atoms with Crippen molar-refractivity contribution in [2.45, 2.75) is 53.5 Å². The maximum atomic E-state index is 3.60. The Hall–Kier alpha value is -0.0800. The van der Waals surface area contributed by atoms with Gasteiger partial charge in [0.2, 0.25) is 0 Å². The van der Waals surface area contributed by atoms with Crippen molar-refractivity contribution in [2.24, 2.45) is 17.8 Å². The monoisotopic (exact) mass is 240 g/mol. The van der Waals surface area contributed by atoms with E-state index in [1.165, 1.54) is 32.5 Å². The van der Waals surface area contributed by atoms with Crippen LogP contribution < -0.4 is 5.32 Å². The highest BCUT2D eigenvalue weighted by molar-refractivity contribution is 4.81. The van der Waals surface area contributed by atoms with Gasteiger partial charge in [0.25, 0.3) is 0 Å². The summed E-state index contributed by atoms with van der Waals surface area (Å²) in [6.45, 7) is 16.6. The number of nitrogens with zero attached hydrogens (tertiary/aromatic N) is 1. The van der Waals surface area contributed by atoms with Gasteiger partial charge in [-0.15, -0.1) is 0 Å². The molecule has 0 radical (unpaired) electrons. The van der Waals surface area contributed by atoms with Crippen molar-refractivity contribution in [2.75, 3.05) is 26.2 Å². The molecule has 0 aromatic rings. The van der Waals surface area contributed by atoms with Crippen LogP contribution in [0.25, 0.3) is 0 Å². The molecule has 0 saturated carbocycles. The zero-order valence-electron chi connectivity index (χ0n) is 12.5. The molecule has 1 aliphatic rings. The van der Waals surface area contributed by atoms with Crippen LogP contribution in [0.1, 0.15) is 47.5 Å². The normalized spacial score (nSPS) is 23.8. The van der Waals surface area contributed by atoms with Crippen LogP contribution in [0.2, 0.25) is 0 Å². The number of rotatable bonds is 7. The molecule has 17 heavy (non-hydrogen) atoms. The van der Waals surface area contributed by atoms with Crippen LogP contribution in [-0.4, -0.2) is 37.1 Å². The van der Waals surface area contributed by atoms with Crippen molar-refractivity contribution in [1.29, 1.82) is 0 Å². The minimum absolute atomic E-state index is 0.769. The third kappa shape index (κ3) is 5.87. The molecule has 2 atom stereocenters. The smallest absolute Gasteiger partial charge is 0.00694 e. The molecule has 0 bridgehead atoms. The molecule has 0 aromatic heterocycles. The quantitative estimate of drug-likeness (QED) is 0.736. The van der Waals surface area contributed by atoms with Crippen LogP contribution in [0.15, 0.2) is 0 Å². The second-order valence-corrected chi connectivity index (χ2v) is 6.68. The van der Waals surface area contributed by atoms with Gasteiger partial charge in [-0.3, -0.25) is 0 Å². The zero-order chi connectivity index (χ0) is 12.8. The van der Waals surface area contributed by atoms with Gasteiger partial charge in [-0.2, -0.15) is 0 Å². The Morgan fingerprint density at radius 2 is 1.82 bits per heavy atom. The molecule has 0 aromatic carbocycles. The summed E-state index contributed by atoms with van der Waals surface area (Å²) in [5, 5.41) is 3.60. The Morgan fingerprint density at radius 3 is 2.41 bits per heavy atom. The van der Waals surface area contributed by atoms with Gasteiger partial charge in [0.15, 0.2) is 0 Å². The van der Waals surface area contributed by atoms with Crippen LogP contribution >= 0.6 is 0 Å². The first kappa shape index (κ1) is 15.0. The van der Waals surface area contributed by atoms with E-state index in [9.17, 15) is 0 Å². The molecule has 1 aliphatic heterocycles. The van der Waals surface area contributed by atoms with Crippen molar-refractivity contribution in [3.05, 3.63) is 0 Å². The Bertz CT molecular complexity index is 201. The average Bonchev–Trinajstić information content (AvgIpc) is 2.64. The van der Waals surface area contributed by atoms with Crippen molar-refractivity contribution in [3.8, 4) is 0 Å². The van der Waals surface area contributed by atoms with Crippen LogP contribution in [0.3, 0.4) is 0 Å². The molecule has 2 unspecified atom stereocenters. The van der Waals surface area contributed by atoms with Gasteiger partial charge >= 0.3 is 0 Å². The van der Waals surface area contributed by atoms with Crippen molar-refractivity contribution < 1.29 is 0 Å². The van der Waals surface area contributed by atoms with Crippen LogP contribution in [0, 0.1) is 17.8 Å². The SMILES string of the molecule is CC(C)CNCC1CCN(C(C)CC(C)C)C1. The fourth-order valence-electron chi connectivity index (χ4n) is 2.84. The van der Waals surface area contributed by atoms with E-state index in [0.717, 1.165) is 30.3 Å². The fourth-order valence-corrected chi connectivity index (χ4v) is 2.84. The molecule has 0 spiro atoms. The first-order valence-corrected chi connectivity index (χ1v) is 7.43. The van der Waals surface area contributed by atoms with E-state index in [2.05, 4.69) is 44.8 Å². The second kappa shape index (κ2) is 7.38. The van der Waals surface area contributed by atoms with Crippen molar-refractivity contribution in [3.63, 3.8) is 0 Å². The minimum Gasteiger partial charge on any atom is -0.316 e. The number of hydrogen-bond donors (Lipinski definition) is 1. The molecule has 1 fully saturated rings. The number of hydrogen-bond acceptors (Lipinski definition) is 2. The predicted molar refractivity (Wildman–Crippen MR) is 76.3 cm³/mol. The molecule has 0 amide bonds. The van der Waals surface area contributed by atoms with E-state index in [-0.39, 0.29) is 0 Å². The van der Waals surface area contributed by atoms with Gasteiger partial charge in [0, 0.05) is 12.6 Å². The summed E-state index contributed by atoms with van der Waals surface area (Å²) in [7, 11) is 0. The summed E-state index contributed by atoms with van der Waals surface area (Å²) in [5.41, 5.74) is 0. The molecule has 2 nitrogen and oxygen atoms in total. The lowest BCUT2D eigenvalue weighted by molar-refractivity contribution is 0.220. The molecule has 102 valence electrons. The lowest BCUT2D eigenvalue weighted by Gasteiger charge is -2.26. The first-order valence-electron chi connectivity index (χ1n) is 7.43. The van der Waals surface area contributed by atoms with Crippen molar-refractivity contribution in [1.82, 2.24) is 10.2 Å². The predicted octanol–water partition coefficient (Wildman–Crippen LogP) is 2.99. The van der Waals surface area contributed by atoms with E-state index in [4.69, 9.17) is 0 Å². The van der Waals surface area contributed by atoms with Gasteiger partial charge < -0.3 is 10.2 Å². The highest BCUT2D eigenvalue weighted by atomic mass is 15.2. The lowest BCUT2D eigenvalue weighted by Crippen LogP contribution is -2.34. The van der Waals surface area contributed by atoms with E-state index >= 15 is 0 Å². The summed E-state index contributed by atoms with van der Waals surface area (Å²) in [6, 6.07) is 0.769. The average molecular weight is 240 g/mol. The molecular weight excluding hydrogens is 208 g/mol. The topological polar surface area (TPSA) is 15.3 Å². The number of likely N-dealkylation sites (tertiary alicyclic amines) is 1. The van der Waals surface area contributed by atoms with Crippen LogP contribution in [0.5, 0.6) is 0 Å². The molecule has 1 saturated heterocycles. The molecular formula is C15H32N2. The van der Waals surface area contributed by atoms with E-state index in [0.29, 0.717) is 0 Å². The Labute approximate surface area is 108 Å². The van der Waals surface area contributed by atoms with E-state index in [1.807, 2.05) is 0 Å². The van der Waals surface area contributed by atoms with E-state index < -0.39 is 0 Å². The Morgan fingerprint density at radius 1 is 1.12 bits per heavy atom. The van der Waals surface area contributed by atoms with Gasteiger partial charge in [0.1, 0.15) is 0 Å².